The lowest BCUT2D eigenvalue weighted by Gasteiger charge is -2.18. The fourth-order valence-electron chi connectivity index (χ4n) is 3.19. The molecule has 0 atom stereocenters. The van der Waals surface area contributed by atoms with Crippen molar-refractivity contribution in [3.8, 4) is 0 Å². The van der Waals surface area contributed by atoms with Crippen LogP contribution in [0, 0.1) is 0 Å². The second-order valence-electron chi connectivity index (χ2n) is 7.33. The molecule has 0 unspecified atom stereocenters. The lowest BCUT2D eigenvalue weighted by molar-refractivity contribution is -0.116. The normalized spacial score (nSPS) is 10.3. The number of rotatable bonds is 8. The molecular weight excluding hydrogens is 374 g/mol. The zero-order valence-electron chi connectivity index (χ0n) is 17.4. The number of benzene rings is 3. The Hall–Kier alpha value is -3.60. The van der Waals surface area contributed by atoms with Crippen LogP contribution in [0.1, 0.15) is 27.9 Å². The third kappa shape index (κ3) is 5.95. The molecule has 0 fully saturated rings. The summed E-state index contributed by atoms with van der Waals surface area (Å²) in [6.07, 6.45) is 1.06. The molecule has 0 saturated carbocycles. The van der Waals surface area contributed by atoms with Gasteiger partial charge in [0.1, 0.15) is 0 Å². The minimum atomic E-state index is -0.178. The molecule has 0 aliphatic heterocycles. The quantitative estimate of drug-likeness (QED) is 0.593. The van der Waals surface area contributed by atoms with E-state index in [9.17, 15) is 9.59 Å². The fourth-order valence-corrected chi connectivity index (χ4v) is 3.19. The highest BCUT2D eigenvalue weighted by molar-refractivity contribution is 6.02. The number of amides is 2. The van der Waals surface area contributed by atoms with Gasteiger partial charge in [0.15, 0.2) is 0 Å². The van der Waals surface area contributed by atoms with Gasteiger partial charge in [0.25, 0.3) is 5.91 Å². The topological polar surface area (TPSA) is 61.4 Å². The number of nitrogens with one attached hydrogen (secondary N) is 2. The predicted molar refractivity (Wildman–Crippen MR) is 122 cm³/mol. The standard InChI is InChI=1S/C25H27N3O2/c1-28(2)23-15-14-21(27-24(29)16-13-19-9-5-3-6-10-19)17-22(23)25(30)26-18-20-11-7-4-8-12-20/h3-12,14-15,17H,13,16,18H2,1-2H3,(H,26,30)(H,27,29). The molecule has 3 rings (SSSR count). The van der Waals surface area contributed by atoms with Crippen LogP contribution in [0.4, 0.5) is 11.4 Å². The van der Waals surface area contributed by atoms with Crippen molar-refractivity contribution in [1.82, 2.24) is 5.32 Å². The van der Waals surface area contributed by atoms with Gasteiger partial charge in [-0.15, -0.1) is 0 Å². The first-order chi connectivity index (χ1) is 14.5. The molecule has 2 amide bonds. The third-order valence-corrected chi connectivity index (χ3v) is 4.79. The molecule has 3 aromatic carbocycles. The van der Waals surface area contributed by atoms with Crippen molar-refractivity contribution >= 4 is 23.2 Å². The van der Waals surface area contributed by atoms with Crippen molar-refractivity contribution < 1.29 is 9.59 Å². The lowest BCUT2D eigenvalue weighted by Crippen LogP contribution is -2.25. The average molecular weight is 402 g/mol. The van der Waals surface area contributed by atoms with Crippen molar-refractivity contribution in [2.75, 3.05) is 24.3 Å². The van der Waals surface area contributed by atoms with Crippen LogP contribution in [-0.4, -0.2) is 25.9 Å². The Balaban J connectivity index is 1.67. The van der Waals surface area contributed by atoms with Gasteiger partial charge < -0.3 is 15.5 Å². The van der Waals surface area contributed by atoms with E-state index in [1.165, 1.54) is 0 Å². The monoisotopic (exact) mass is 401 g/mol. The molecule has 0 aromatic heterocycles. The van der Waals surface area contributed by atoms with E-state index >= 15 is 0 Å². The Morgan fingerprint density at radius 2 is 1.47 bits per heavy atom. The largest absolute Gasteiger partial charge is 0.377 e. The Kier molecular flexibility index (Phi) is 7.22. The average Bonchev–Trinajstić information content (AvgIpc) is 2.77. The van der Waals surface area contributed by atoms with E-state index in [2.05, 4.69) is 10.6 Å². The Morgan fingerprint density at radius 1 is 0.833 bits per heavy atom. The van der Waals surface area contributed by atoms with E-state index in [1.54, 1.807) is 6.07 Å². The number of hydrogen-bond acceptors (Lipinski definition) is 3. The molecular formula is C25H27N3O2. The van der Waals surface area contributed by atoms with Crippen molar-refractivity contribution in [2.24, 2.45) is 0 Å². The van der Waals surface area contributed by atoms with Gasteiger partial charge >= 0.3 is 0 Å². The zero-order valence-corrected chi connectivity index (χ0v) is 17.4. The first-order valence-electron chi connectivity index (χ1n) is 10.00. The Morgan fingerprint density at radius 3 is 2.10 bits per heavy atom. The minimum Gasteiger partial charge on any atom is -0.377 e. The van der Waals surface area contributed by atoms with E-state index < -0.39 is 0 Å². The molecule has 0 spiro atoms. The second kappa shape index (κ2) is 10.3. The third-order valence-electron chi connectivity index (χ3n) is 4.79. The summed E-state index contributed by atoms with van der Waals surface area (Å²) in [7, 11) is 3.78. The van der Waals surface area contributed by atoms with E-state index in [0.717, 1.165) is 16.8 Å². The van der Waals surface area contributed by atoms with Crippen LogP contribution in [-0.2, 0) is 17.8 Å². The van der Waals surface area contributed by atoms with E-state index in [1.807, 2.05) is 91.8 Å². The summed E-state index contributed by atoms with van der Waals surface area (Å²) >= 11 is 0. The van der Waals surface area contributed by atoms with Crippen LogP contribution < -0.4 is 15.5 Å². The Labute approximate surface area is 177 Å². The van der Waals surface area contributed by atoms with Crippen LogP contribution >= 0.6 is 0 Å². The number of hydrogen-bond donors (Lipinski definition) is 2. The summed E-state index contributed by atoms with van der Waals surface area (Å²) in [4.78, 5) is 27.1. The summed E-state index contributed by atoms with van der Waals surface area (Å²) in [5.74, 6) is -0.255. The van der Waals surface area contributed by atoms with Gasteiger partial charge in [-0.05, 0) is 35.7 Å². The highest BCUT2D eigenvalue weighted by Gasteiger charge is 2.15. The maximum absolute atomic E-state index is 12.8. The van der Waals surface area contributed by atoms with Gasteiger partial charge in [-0.25, -0.2) is 0 Å². The number of aryl methyl sites for hydroxylation is 1. The van der Waals surface area contributed by atoms with Gasteiger partial charge in [0, 0.05) is 38.4 Å². The lowest BCUT2D eigenvalue weighted by atomic mass is 10.1. The van der Waals surface area contributed by atoms with Crippen LogP contribution in [0.2, 0.25) is 0 Å². The molecule has 3 aromatic rings. The summed E-state index contributed by atoms with van der Waals surface area (Å²) in [6, 6.07) is 25.1. The first-order valence-corrected chi connectivity index (χ1v) is 10.00. The zero-order chi connectivity index (χ0) is 21.3. The molecule has 154 valence electrons. The van der Waals surface area contributed by atoms with Crippen LogP contribution in [0.15, 0.2) is 78.9 Å². The smallest absolute Gasteiger partial charge is 0.253 e. The van der Waals surface area contributed by atoms with Crippen LogP contribution in [0.25, 0.3) is 0 Å². The molecule has 30 heavy (non-hydrogen) atoms. The first kappa shape index (κ1) is 21.1. The molecule has 0 aliphatic rings. The molecule has 2 N–H and O–H groups in total. The van der Waals surface area contributed by atoms with Crippen molar-refractivity contribution in [2.45, 2.75) is 19.4 Å². The van der Waals surface area contributed by atoms with E-state index in [4.69, 9.17) is 0 Å². The SMILES string of the molecule is CN(C)c1ccc(NC(=O)CCc2ccccc2)cc1C(=O)NCc1ccccc1. The molecule has 0 saturated heterocycles. The van der Waals surface area contributed by atoms with Gasteiger partial charge in [-0.2, -0.15) is 0 Å². The number of anilines is 2. The highest BCUT2D eigenvalue weighted by Crippen LogP contribution is 2.23. The molecule has 0 aliphatic carbocycles. The van der Waals surface area contributed by atoms with Crippen molar-refractivity contribution in [3.05, 3.63) is 95.6 Å². The van der Waals surface area contributed by atoms with Gasteiger partial charge in [-0.1, -0.05) is 60.7 Å². The molecule has 0 bridgehead atoms. The maximum Gasteiger partial charge on any atom is 0.253 e. The molecule has 0 radical (unpaired) electrons. The van der Waals surface area contributed by atoms with E-state index in [0.29, 0.717) is 30.6 Å². The van der Waals surface area contributed by atoms with Gasteiger partial charge in [0.05, 0.1) is 5.56 Å². The van der Waals surface area contributed by atoms with Crippen LogP contribution in [0.3, 0.4) is 0 Å². The molecule has 0 heterocycles. The van der Waals surface area contributed by atoms with Gasteiger partial charge in [-0.3, -0.25) is 9.59 Å². The number of nitrogens with zero attached hydrogens (tertiary/aromatic N) is 1. The van der Waals surface area contributed by atoms with E-state index in [-0.39, 0.29) is 11.8 Å². The summed E-state index contributed by atoms with van der Waals surface area (Å²) in [5, 5.41) is 5.87. The summed E-state index contributed by atoms with van der Waals surface area (Å²) in [5.41, 5.74) is 4.09. The molecule has 5 heteroatoms. The number of carbonyl (C=O) groups excluding carboxylic acids is 2. The highest BCUT2D eigenvalue weighted by atomic mass is 16.2. The van der Waals surface area contributed by atoms with Gasteiger partial charge in [0.2, 0.25) is 5.91 Å². The molecule has 5 nitrogen and oxygen atoms in total. The summed E-state index contributed by atoms with van der Waals surface area (Å²) in [6.45, 7) is 0.445. The Bertz CT molecular complexity index is 986. The van der Waals surface area contributed by atoms with Crippen molar-refractivity contribution in [1.29, 1.82) is 0 Å². The number of carbonyl (C=O) groups is 2. The van der Waals surface area contributed by atoms with Crippen molar-refractivity contribution in [3.63, 3.8) is 0 Å². The second-order valence-corrected chi connectivity index (χ2v) is 7.33. The van der Waals surface area contributed by atoms with Crippen LogP contribution in [0.5, 0.6) is 0 Å². The summed E-state index contributed by atoms with van der Waals surface area (Å²) < 4.78 is 0. The predicted octanol–water partition coefficient (Wildman–Crippen LogP) is 4.25. The fraction of sp³-hybridized carbons (Fsp3) is 0.200. The maximum atomic E-state index is 12.8. The minimum absolute atomic E-state index is 0.0768.